The lowest BCUT2D eigenvalue weighted by atomic mass is 9.71. The van der Waals surface area contributed by atoms with Crippen LogP contribution in [0.5, 0.6) is 0 Å². The molecule has 2 atom stereocenters. The van der Waals surface area contributed by atoms with E-state index in [0.29, 0.717) is 36.5 Å². The molecule has 2 aliphatic heterocycles. The van der Waals surface area contributed by atoms with Crippen LogP contribution in [-0.4, -0.2) is 41.8 Å². The fourth-order valence-electron chi connectivity index (χ4n) is 4.84. The standard InChI is InChI=1S/C22H31N3O2/c1-22(2,3)20-14-18(17-8-11-24(12-9-17)21(26)27)10-13-25(20)19-6-4-16(15-23)5-7-19/h4-7,17-18,20H,8-14H2,1-3H3,(H,26,27). The van der Waals surface area contributed by atoms with Gasteiger partial charge in [0.25, 0.3) is 0 Å². The van der Waals surface area contributed by atoms with E-state index in [2.05, 4.69) is 43.9 Å². The Kier molecular flexibility index (Phi) is 5.64. The van der Waals surface area contributed by atoms with E-state index in [-0.39, 0.29) is 5.41 Å². The van der Waals surface area contributed by atoms with Crippen LogP contribution in [0.3, 0.4) is 0 Å². The Hall–Kier alpha value is -2.22. The second-order valence-corrected chi connectivity index (χ2v) is 9.13. The molecule has 0 aromatic heterocycles. The van der Waals surface area contributed by atoms with Crippen molar-refractivity contribution in [2.75, 3.05) is 24.5 Å². The number of carbonyl (C=O) groups is 1. The first kappa shape index (κ1) is 19.5. The van der Waals surface area contributed by atoms with Crippen LogP contribution in [0.25, 0.3) is 0 Å². The van der Waals surface area contributed by atoms with E-state index in [0.717, 1.165) is 32.2 Å². The second kappa shape index (κ2) is 7.80. The molecule has 1 aromatic rings. The second-order valence-electron chi connectivity index (χ2n) is 9.13. The molecule has 0 bridgehead atoms. The third kappa shape index (κ3) is 4.37. The van der Waals surface area contributed by atoms with Crippen LogP contribution in [0.15, 0.2) is 24.3 Å². The molecule has 3 rings (SSSR count). The first-order valence-electron chi connectivity index (χ1n) is 10.0. The molecule has 0 aliphatic carbocycles. The highest BCUT2D eigenvalue weighted by atomic mass is 16.4. The Bertz CT molecular complexity index is 694. The zero-order valence-corrected chi connectivity index (χ0v) is 16.7. The molecular weight excluding hydrogens is 338 g/mol. The molecule has 2 fully saturated rings. The maximum Gasteiger partial charge on any atom is 0.407 e. The summed E-state index contributed by atoms with van der Waals surface area (Å²) >= 11 is 0. The summed E-state index contributed by atoms with van der Waals surface area (Å²) in [7, 11) is 0. The number of rotatable bonds is 2. The summed E-state index contributed by atoms with van der Waals surface area (Å²) in [5.41, 5.74) is 2.06. The van der Waals surface area contributed by atoms with Gasteiger partial charge >= 0.3 is 6.09 Å². The van der Waals surface area contributed by atoms with Gasteiger partial charge in [0.2, 0.25) is 0 Å². The number of hydrogen-bond acceptors (Lipinski definition) is 3. The Balaban J connectivity index is 1.71. The Morgan fingerprint density at radius 2 is 1.67 bits per heavy atom. The van der Waals surface area contributed by atoms with Crippen molar-refractivity contribution in [2.45, 2.75) is 52.5 Å². The highest BCUT2D eigenvalue weighted by Crippen LogP contribution is 2.42. The smallest absolute Gasteiger partial charge is 0.407 e. The van der Waals surface area contributed by atoms with Crippen LogP contribution in [0.2, 0.25) is 0 Å². The normalized spacial score (nSPS) is 24.5. The van der Waals surface area contributed by atoms with E-state index in [1.54, 1.807) is 4.90 Å². The average molecular weight is 370 g/mol. The third-order valence-electron chi connectivity index (χ3n) is 6.45. The summed E-state index contributed by atoms with van der Waals surface area (Å²) < 4.78 is 0. The maximum atomic E-state index is 11.2. The van der Waals surface area contributed by atoms with Gasteiger partial charge < -0.3 is 14.9 Å². The maximum absolute atomic E-state index is 11.2. The SMILES string of the molecule is CC(C)(C)C1CC(C2CCN(C(=O)O)CC2)CCN1c1ccc(C#N)cc1. The van der Waals surface area contributed by atoms with Gasteiger partial charge in [0.15, 0.2) is 0 Å². The molecule has 1 aromatic carbocycles. The van der Waals surface area contributed by atoms with E-state index in [1.165, 1.54) is 5.69 Å². The minimum absolute atomic E-state index is 0.161. The number of likely N-dealkylation sites (tertiary alicyclic amines) is 1. The van der Waals surface area contributed by atoms with Crippen molar-refractivity contribution in [3.63, 3.8) is 0 Å². The van der Waals surface area contributed by atoms with Crippen molar-refractivity contribution in [3.05, 3.63) is 29.8 Å². The molecule has 27 heavy (non-hydrogen) atoms. The molecule has 5 nitrogen and oxygen atoms in total. The van der Waals surface area contributed by atoms with Crippen LogP contribution in [-0.2, 0) is 0 Å². The molecule has 0 saturated carbocycles. The minimum Gasteiger partial charge on any atom is -0.465 e. The largest absolute Gasteiger partial charge is 0.465 e. The Morgan fingerprint density at radius 3 is 2.19 bits per heavy atom. The number of piperidine rings is 2. The van der Waals surface area contributed by atoms with Crippen molar-refractivity contribution in [3.8, 4) is 6.07 Å². The molecule has 2 saturated heterocycles. The van der Waals surface area contributed by atoms with Gasteiger partial charge in [-0.3, -0.25) is 0 Å². The average Bonchev–Trinajstić information content (AvgIpc) is 2.67. The zero-order valence-electron chi connectivity index (χ0n) is 16.7. The summed E-state index contributed by atoms with van der Waals surface area (Å²) in [6.45, 7) is 9.31. The van der Waals surface area contributed by atoms with E-state index >= 15 is 0 Å². The molecule has 1 N–H and O–H groups in total. The van der Waals surface area contributed by atoms with Crippen LogP contribution in [0.1, 0.15) is 52.0 Å². The van der Waals surface area contributed by atoms with E-state index in [4.69, 9.17) is 5.26 Å². The molecule has 2 aliphatic rings. The quantitative estimate of drug-likeness (QED) is 0.828. The summed E-state index contributed by atoms with van der Waals surface area (Å²) in [5, 5.41) is 18.2. The van der Waals surface area contributed by atoms with Gasteiger partial charge in [0, 0.05) is 31.4 Å². The molecule has 2 heterocycles. The van der Waals surface area contributed by atoms with Gasteiger partial charge in [0.05, 0.1) is 11.6 Å². The van der Waals surface area contributed by atoms with Crippen LogP contribution >= 0.6 is 0 Å². The Labute approximate surface area is 162 Å². The molecule has 2 unspecified atom stereocenters. The first-order chi connectivity index (χ1) is 12.8. The number of anilines is 1. The van der Waals surface area contributed by atoms with Gasteiger partial charge in [-0.05, 0) is 67.2 Å². The number of carboxylic acid groups (broad SMARTS) is 1. The van der Waals surface area contributed by atoms with E-state index < -0.39 is 6.09 Å². The predicted octanol–water partition coefficient (Wildman–Crippen LogP) is 4.58. The van der Waals surface area contributed by atoms with Gasteiger partial charge in [-0.2, -0.15) is 5.26 Å². The highest BCUT2D eigenvalue weighted by molar-refractivity contribution is 5.65. The van der Waals surface area contributed by atoms with Crippen molar-refractivity contribution in [2.24, 2.45) is 17.3 Å². The Morgan fingerprint density at radius 1 is 1.07 bits per heavy atom. The topological polar surface area (TPSA) is 67.6 Å². The number of hydrogen-bond donors (Lipinski definition) is 1. The van der Waals surface area contributed by atoms with Crippen molar-refractivity contribution < 1.29 is 9.90 Å². The van der Waals surface area contributed by atoms with Crippen LogP contribution in [0.4, 0.5) is 10.5 Å². The fraction of sp³-hybridized carbons (Fsp3) is 0.636. The van der Waals surface area contributed by atoms with Crippen molar-refractivity contribution >= 4 is 11.8 Å². The van der Waals surface area contributed by atoms with E-state index in [9.17, 15) is 9.90 Å². The number of nitriles is 1. The fourth-order valence-corrected chi connectivity index (χ4v) is 4.84. The predicted molar refractivity (Wildman–Crippen MR) is 107 cm³/mol. The number of amides is 1. The third-order valence-corrected chi connectivity index (χ3v) is 6.45. The molecule has 146 valence electrons. The molecular formula is C22H31N3O2. The zero-order chi connectivity index (χ0) is 19.6. The molecule has 0 radical (unpaired) electrons. The molecule has 0 spiro atoms. The molecule has 5 heteroatoms. The number of nitrogens with zero attached hydrogens (tertiary/aromatic N) is 3. The van der Waals surface area contributed by atoms with E-state index in [1.807, 2.05) is 12.1 Å². The lowest BCUT2D eigenvalue weighted by Gasteiger charge is -2.49. The number of benzene rings is 1. The minimum atomic E-state index is -0.781. The van der Waals surface area contributed by atoms with Gasteiger partial charge in [0.1, 0.15) is 0 Å². The monoisotopic (exact) mass is 369 g/mol. The lowest BCUT2D eigenvalue weighted by Crippen LogP contribution is -2.51. The van der Waals surface area contributed by atoms with Crippen molar-refractivity contribution in [1.29, 1.82) is 5.26 Å². The highest BCUT2D eigenvalue weighted by Gasteiger charge is 2.39. The van der Waals surface area contributed by atoms with Gasteiger partial charge in [-0.25, -0.2) is 4.79 Å². The summed E-state index contributed by atoms with van der Waals surface area (Å²) in [6, 6.07) is 10.6. The summed E-state index contributed by atoms with van der Waals surface area (Å²) in [5.74, 6) is 1.30. The van der Waals surface area contributed by atoms with Gasteiger partial charge in [-0.15, -0.1) is 0 Å². The summed E-state index contributed by atoms with van der Waals surface area (Å²) in [4.78, 5) is 15.2. The van der Waals surface area contributed by atoms with Crippen LogP contribution in [0, 0.1) is 28.6 Å². The van der Waals surface area contributed by atoms with Gasteiger partial charge in [-0.1, -0.05) is 20.8 Å². The van der Waals surface area contributed by atoms with Crippen molar-refractivity contribution in [1.82, 2.24) is 4.90 Å². The first-order valence-corrected chi connectivity index (χ1v) is 10.0. The van der Waals surface area contributed by atoms with Crippen LogP contribution < -0.4 is 4.90 Å². The summed E-state index contributed by atoms with van der Waals surface area (Å²) in [6.07, 6.45) is 3.51. The lowest BCUT2D eigenvalue weighted by molar-refractivity contribution is 0.0959. The molecule has 1 amide bonds.